The summed E-state index contributed by atoms with van der Waals surface area (Å²) in [6.45, 7) is 9.56. The van der Waals surface area contributed by atoms with Gasteiger partial charge in [-0.3, -0.25) is 0 Å². The minimum absolute atomic E-state index is 0.211. The summed E-state index contributed by atoms with van der Waals surface area (Å²) in [5.41, 5.74) is 6.65. The molecule has 0 radical (unpaired) electrons. The lowest BCUT2D eigenvalue weighted by Gasteiger charge is -2.42. The van der Waals surface area contributed by atoms with Gasteiger partial charge in [0.15, 0.2) is 0 Å². The largest absolute Gasteiger partial charge is 0.377 e. The molecule has 2 unspecified atom stereocenters. The first-order chi connectivity index (χ1) is 6.93. The normalized spacial score (nSPS) is 28.0. The van der Waals surface area contributed by atoms with E-state index in [1.54, 1.807) is 0 Å². The van der Waals surface area contributed by atoms with Crippen LogP contribution >= 0.6 is 0 Å². The molecule has 2 N–H and O–H groups in total. The van der Waals surface area contributed by atoms with Gasteiger partial charge in [-0.25, -0.2) is 0 Å². The molecule has 2 nitrogen and oxygen atoms in total. The maximum absolute atomic E-state index is 6.25. The van der Waals surface area contributed by atoms with Gasteiger partial charge in [0.2, 0.25) is 0 Å². The minimum Gasteiger partial charge on any atom is -0.377 e. The van der Waals surface area contributed by atoms with E-state index in [1.165, 1.54) is 25.7 Å². The van der Waals surface area contributed by atoms with Gasteiger partial charge in [0, 0.05) is 6.04 Å². The Balaban J connectivity index is 2.45. The summed E-state index contributed by atoms with van der Waals surface area (Å²) in [4.78, 5) is 0. The monoisotopic (exact) mass is 213 g/mol. The lowest BCUT2D eigenvalue weighted by molar-refractivity contribution is 0.0238. The predicted molar refractivity (Wildman–Crippen MR) is 64.8 cm³/mol. The van der Waals surface area contributed by atoms with Crippen molar-refractivity contribution in [3.05, 3.63) is 0 Å². The van der Waals surface area contributed by atoms with Crippen molar-refractivity contribution in [2.24, 2.45) is 17.1 Å². The Hall–Kier alpha value is -0.0800. The molecule has 0 saturated heterocycles. The van der Waals surface area contributed by atoms with Crippen LogP contribution in [0.2, 0.25) is 0 Å². The molecule has 2 atom stereocenters. The molecule has 0 bridgehead atoms. The van der Waals surface area contributed by atoms with Crippen LogP contribution in [0.25, 0.3) is 0 Å². The van der Waals surface area contributed by atoms with Crippen molar-refractivity contribution in [2.45, 2.75) is 65.5 Å². The van der Waals surface area contributed by atoms with Crippen molar-refractivity contribution < 1.29 is 4.74 Å². The van der Waals surface area contributed by atoms with Crippen molar-refractivity contribution >= 4 is 0 Å². The first-order valence-electron chi connectivity index (χ1n) is 6.30. The van der Waals surface area contributed by atoms with Crippen LogP contribution < -0.4 is 5.73 Å². The first-order valence-corrected chi connectivity index (χ1v) is 6.30. The second-order valence-electron chi connectivity index (χ2n) is 5.89. The summed E-state index contributed by atoms with van der Waals surface area (Å²) in [6, 6.07) is 0.211. The quantitative estimate of drug-likeness (QED) is 0.779. The van der Waals surface area contributed by atoms with Crippen LogP contribution in [0.15, 0.2) is 0 Å². The molecule has 0 spiro atoms. The Morgan fingerprint density at radius 2 is 2.00 bits per heavy atom. The molecule has 1 aliphatic carbocycles. The third-order valence-electron chi connectivity index (χ3n) is 3.73. The smallest absolute Gasteiger partial charge is 0.0623 e. The van der Waals surface area contributed by atoms with Crippen molar-refractivity contribution in [2.75, 3.05) is 6.61 Å². The number of hydrogen-bond acceptors (Lipinski definition) is 2. The van der Waals surface area contributed by atoms with Crippen LogP contribution in [0.3, 0.4) is 0 Å². The van der Waals surface area contributed by atoms with Gasteiger partial charge in [-0.05, 0) is 38.0 Å². The van der Waals surface area contributed by atoms with Gasteiger partial charge >= 0.3 is 0 Å². The van der Waals surface area contributed by atoms with Crippen LogP contribution in [0.1, 0.15) is 53.4 Å². The maximum Gasteiger partial charge on any atom is 0.0623 e. The molecule has 0 amide bonds. The summed E-state index contributed by atoms with van der Waals surface area (Å²) >= 11 is 0. The SMILES string of the molecule is CC(C)OCC(N)C1CCCCC1(C)C. The lowest BCUT2D eigenvalue weighted by atomic mass is 9.66. The molecule has 1 fully saturated rings. The predicted octanol–water partition coefficient (Wildman–Crippen LogP) is 2.96. The minimum atomic E-state index is 0.211. The number of nitrogens with two attached hydrogens (primary N) is 1. The van der Waals surface area contributed by atoms with E-state index in [9.17, 15) is 0 Å². The molecule has 1 aliphatic rings. The van der Waals surface area contributed by atoms with Crippen LogP contribution in [0.4, 0.5) is 0 Å². The van der Waals surface area contributed by atoms with E-state index < -0.39 is 0 Å². The van der Waals surface area contributed by atoms with Gasteiger partial charge in [0.25, 0.3) is 0 Å². The summed E-state index contributed by atoms with van der Waals surface area (Å²) in [5, 5.41) is 0. The Labute approximate surface area is 94.6 Å². The number of ether oxygens (including phenoxy) is 1. The maximum atomic E-state index is 6.25. The van der Waals surface area contributed by atoms with E-state index in [4.69, 9.17) is 10.5 Å². The van der Waals surface area contributed by atoms with Crippen molar-refractivity contribution in [3.63, 3.8) is 0 Å². The molecule has 0 heterocycles. The molecule has 0 aromatic carbocycles. The van der Waals surface area contributed by atoms with Crippen LogP contribution in [0.5, 0.6) is 0 Å². The van der Waals surface area contributed by atoms with Gasteiger partial charge in [-0.2, -0.15) is 0 Å². The molecule has 1 rings (SSSR count). The number of hydrogen-bond donors (Lipinski definition) is 1. The van der Waals surface area contributed by atoms with E-state index in [0.717, 1.165) is 0 Å². The third kappa shape index (κ3) is 3.76. The van der Waals surface area contributed by atoms with Gasteiger partial charge in [0.05, 0.1) is 12.7 Å². The van der Waals surface area contributed by atoms with Crippen molar-refractivity contribution in [1.82, 2.24) is 0 Å². The zero-order valence-electron chi connectivity index (χ0n) is 10.8. The Bertz CT molecular complexity index is 189. The van der Waals surface area contributed by atoms with Gasteiger partial charge in [-0.15, -0.1) is 0 Å². The second-order valence-corrected chi connectivity index (χ2v) is 5.89. The van der Waals surface area contributed by atoms with Gasteiger partial charge < -0.3 is 10.5 Å². The lowest BCUT2D eigenvalue weighted by Crippen LogP contribution is -2.44. The molecule has 15 heavy (non-hydrogen) atoms. The summed E-state index contributed by atoms with van der Waals surface area (Å²) in [7, 11) is 0. The van der Waals surface area contributed by atoms with Crippen molar-refractivity contribution in [3.8, 4) is 0 Å². The highest BCUT2D eigenvalue weighted by atomic mass is 16.5. The van der Waals surface area contributed by atoms with Gasteiger partial charge in [-0.1, -0.05) is 26.7 Å². The molecule has 90 valence electrons. The fraction of sp³-hybridized carbons (Fsp3) is 1.00. The van der Waals surface area contributed by atoms with Crippen LogP contribution in [-0.2, 0) is 4.74 Å². The Kier molecular flexibility index (Phi) is 4.60. The summed E-state index contributed by atoms with van der Waals surface area (Å²) < 4.78 is 5.63. The van der Waals surface area contributed by atoms with E-state index in [0.29, 0.717) is 24.0 Å². The first kappa shape index (κ1) is 13.0. The molecule has 2 heteroatoms. The third-order valence-corrected chi connectivity index (χ3v) is 3.73. The fourth-order valence-corrected chi connectivity index (χ4v) is 2.73. The van der Waals surface area contributed by atoms with Crippen LogP contribution in [0, 0.1) is 11.3 Å². The van der Waals surface area contributed by atoms with E-state index in [2.05, 4.69) is 27.7 Å². The van der Waals surface area contributed by atoms with Crippen molar-refractivity contribution in [1.29, 1.82) is 0 Å². The summed E-state index contributed by atoms with van der Waals surface area (Å²) in [6.07, 6.45) is 5.58. The average molecular weight is 213 g/mol. The van der Waals surface area contributed by atoms with E-state index in [1.807, 2.05) is 0 Å². The highest BCUT2D eigenvalue weighted by molar-refractivity contribution is 4.88. The molecular weight excluding hydrogens is 186 g/mol. The topological polar surface area (TPSA) is 35.2 Å². The molecular formula is C13H27NO. The zero-order valence-corrected chi connectivity index (χ0v) is 10.8. The Morgan fingerprint density at radius 3 is 2.53 bits per heavy atom. The van der Waals surface area contributed by atoms with Crippen LogP contribution in [-0.4, -0.2) is 18.8 Å². The van der Waals surface area contributed by atoms with Gasteiger partial charge in [0.1, 0.15) is 0 Å². The van der Waals surface area contributed by atoms with E-state index in [-0.39, 0.29) is 6.04 Å². The highest BCUT2D eigenvalue weighted by Crippen LogP contribution is 2.41. The highest BCUT2D eigenvalue weighted by Gasteiger charge is 2.35. The Morgan fingerprint density at radius 1 is 1.33 bits per heavy atom. The summed E-state index contributed by atoms with van der Waals surface area (Å²) in [5.74, 6) is 0.630. The average Bonchev–Trinajstić information content (AvgIpc) is 2.13. The fourth-order valence-electron chi connectivity index (χ4n) is 2.73. The zero-order chi connectivity index (χ0) is 11.5. The molecule has 0 aliphatic heterocycles. The van der Waals surface area contributed by atoms with E-state index >= 15 is 0 Å². The molecule has 0 aromatic rings. The number of rotatable bonds is 4. The second kappa shape index (κ2) is 5.31. The molecule has 1 saturated carbocycles. The molecule has 0 aromatic heterocycles. The standard InChI is InChI=1S/C13H27NO/c1-10(2)15-9-12(14)11-7-5-6-8-13(11,3)4/h10-12H,5-9,14H2,1-4H3.